The smallest absolute Gasteiger partial charge is 0.0652 e. The molecule has 0 bridgehead atoms. The van der Waals surface area contributed by atoms with E-state index in [1.165, 1.54) is 12.8 Å². The van der Waals surface area contributed by atoms with Crippen LogP contribution in [0.2, 0.25) is 10.0 Å². The van der Waals surface area contributed by atoms with Crippen molar-refractivity contribution in [2.24, 2.45) is 5.92 Å². The van der Waals surface area contributed by atoms with Gasteiger partial charge >= 0.3 is 0 Å². The Kier molecular flexibility index (Phi) is 5.27. The molecule has 1 unspecified atom stereocenters. The van der Waals surface area contributed by atoms with E-state index in [4.69, 9.17) is 23.2 Å². The van der Waals surface area contributed by atoms with Crippen LogP contribution in [-0.4, -0.2) is 6.54 Å². The second-order valence-electron chi connectivity index (χ2n) is 3.90. The standard InChI is InChI=1S/C12H17Cl2N/c1-3-4-9(2)8-15-12-6-5-10(13)7-11(12)14/h5-7,9,15H,3-4,8H2,1-2H3. The van der Waals surface area contributed by atoms with Gasteiger partial charge in [-0.15, -0.1) is 0 Å². The molecule has 0 spiro atoms. The fraction of sp³-hybridized carbons (Fsp3) is 0.500. The normalized spacial score (nSPS) is 12.5. The van der Waals surface area contributed by atoms with Crippen molar-refractivity contribution < 1.29 is 0 Å². The average molecular weight is 246 g/mol. The highest BCUT2D eigenvalue weighted by Crippen LogP contribution is 2.25. The molecule has 1 rings (SSSR count). The topological polar surface area (TPSA) is 12.0 Å². The number of benzene rings is 1. The minimum Gasteiger partial charge on any atom is -0.384 e. The molecule has 0 aliphatic carbocycles. The van der Waals surface area contributed by atoms with Crippen LogP contribution in [0, 0.1) is 5.92 Å². The van der Waals surface area contributed by atoms with E-state index in [0.717, 1.165) is 12.2 Å². The summed E-state index contributed by atoms with van der Waals surface area (Å²) in [6.07, 6.45) is 2.45. The Labute approximate surface area is 102 Å². The predicted octanol–water partition coefficient (Wildman–Crippen LogP) is 4.84. The molecular weight excluding hydrogens is 229 g/mol. The molecule has 3 heteroatoms. The highest BCUT2D eigenvalue weighted by molar-refractivity contribution is 6.36. The van der Waals surface area contributed by atoms with E-state index in [0.29, 0.717) is 16.0 Å². The summed E-state index contributed by atoms with van der Waals surface area (Å²) in [4.78, 5) is 0. The zero-order valence-electron chi connectivity index (χ0n) is 9.19. The van der Waals surface area contributed by atoms with E-state index in [2.05, 4.69) is 19.2 Å². The zero-order chi connectivity index (χ0) is 11.3. The molecule has 1 atom stereocenters. The molecule has 1 aromatic carbocycles. The summed E-state index contributed by atoms with van der Waals surface area (Å²) in [7, 11) is 0. The van der Waals surface area contributed by atoms with Gasteiger partial charge in [0, 0.05) is 11.6 Å². The summed E-state index contributed by atoms with van der Waals surface area (Å²) in [5, 5.41) is 4.69. The Morgan fingerprint density at radius 1 is 1.33 bits per heavy atom. The fourth-order valence-electron chi connectivity index (χ4n) is 1.51. The van der Waals surface area contributed by atoms with Crippen molar-refractivity contribution in [3.05, 3.63) is 28.2 Å². The Bertz CT molecular complexity index is 312. The fourth-order valence-corrected chi connectivity index (χ4v) is 1.99. The van der Waals surface area contributed by atoms with Gasteiger partial charge in [0.1, 0.15) is 0 Å². The van der Waals surface area contributed by atoms with Gasteiger partial charge in [-0.2, -0.15) is 0 Å². The number of hydrogen-bond acceptors (Lipinski definition) is 1. The Morgan fingerprint density at radius 3 is 2.67 bits per heavy atom. The molecule has 15 heavy (non-hydrogen) atoms. The van der Waals surface area contributed by atoms with Gasteiger partial charge < -0.3 is 5.32 Å². The van der Waals surface area contributed by atoms with E-state index in [1.54, 1.807) is 6.07 Å². The van der Waals surface area contributed by atoms with Crippen LogP contribution in [0.5, 0.6) is 0 Å². The van der Waals surface area contributed by atoms with Crippen molar-refractivity contribution in [3.8, 4) is 0 Å². The first-order valence-corrected chi connectivity index (χ1v) is 6.08. The second-order valence-corrected chi connectivity index (χ2v) is 4.74. The highest BCUT2D eigenvalue weighted by Gasteiger charge is 2.03. The third kappa shape index (κ3) is 4.31. The van der Waals surface area contributed by atoms with E-state index >= 15 is 0 Å². The maximum atomic E-state index is 6.04. The quantitative estimate of drug-likeness (QED) is 0.783. The summed E-state index contributed by atoms with van der Waals surface area (Å²) in [6.45, 7) is 5.39. The largest absolute Gasteiger partial charge is 0.384 e. The number of nitrogens with one attached hydrogen (secondary N) is 1. The molecule has 0 aliphatic rings. The van der Waals surface area contributed by atoms with E-state index < -0.39 is 0 Å². The van der Waals surface area contributed by atoms with Crippen LogP contribution in [0.25, 0.3) is 0 Å². The summed E-state index contributed by atoms with van der Waals surface area (Å²) in [6, 6.07) is 5.53. The molecule has 1 nitrogen and oxygen atoms in total. The average Bonchev–Trinajstić information content (AvgIpc) is 2.17. The van der Waals surface area contributed by atoms with Gasteiger partial charge in [-0.3, -0.25) is 0 Å². The van der Waals surface area contributed by atoms with Gasteiger partial charge in [0.05, 0.1) is 10.7 Å². The lowest BCUT2D eigenvalue weighted by molar-refractivity contribution is 0.551. The van der Waals surface area contributed by atoms with Crippen molar-refractivity contribution in [1.29, 1.82) is 0 Å². The van der Waals surface area contributed by atoms with Crippen LogP contribution in [0.1, 0.15) is 26.7 Å². The molecule has 0 saturated carbocycles. The Morgan fingerprint density at radius 2 is 2.07 bits per heavy atom. The van der Waals surface area contributed by atoms with Crippen LogP contribution in [0.4, 0.5) is 5.69 Å². The van der Waals surface area contributed by atoms with Crippen molar-refractivity contribution >= 4 is 28.9 Å². The number of rotatable bonds is 5. The maximum Gasteiger partial charge on any atom is 0.0652 e. The molecule has 0 radical (unpaired) electrons. The Hall–Kier alpha value is -0.400. The minimum atomic E-state index is 0.668. The molecular formula is C12H17Cl2N. The predicted molar refractivity (Wildman–Crippen MR) is 69.0 cm³/mol. The number of anilines is 1. The van der Waals surface area contributed by atoms with Gasteiger partial charge in [-0.1, -0.05) is 43.5 Å². The van der Waals surface area contributed by atoms with Gasteiger partial charge in [0.2, 0.25) is 0 Å². The first kappa shape index (κ1) is 12.7. The van der Waals surface area contributed by atoms with Crippen LogP contribution in [0.15, 0.2) is 18.2 Å². The molecule has 0 aromatic heterocycles. The van der Waals surface area contributed by atoms with Crippen molar-refractivity contribution in [3.63, 3.8) is 0 Å². The lowest BCUT2D eigenvalue weighted by atomic mass is 10.1. The van der Waals surface area contributed by atoms with Crippen molar-refractivity contribution in [2.45, 2.75) is 26.7 Å². The Balaban J connectivity index is 2.50. The molecule has 0 aliphatic heterocycles. The monoisotopic (exact) mass is 245 g/mol. The van der Waals surface area contributed by atoms with Gasteiger partial charge in [0.25, 0.3) is 0 Å². The zero-order valence-corrected chi connectivity index (χ0v) is 10.7. The summed E-state index contributed by atoms with van der Waals surface area (Å²) in [5.74, 6) is 0.668. The highest BCUT2D eigenvalue weighted by atomic mass is 35.5. The molecule has 0 amide bonds. The first-order chi connectivity index (χ1) is 7.13. The van der Waals surface area contributed by atoms with E-state index in [-0.39, 0.29) is 0 Å². The van der Waals surface area contributed by atoms with E-state index in [9.17, 15) is 0 Å². The van der Waals surface area contributed by atoms with Crippen LogP contribution >= 0.6 is 23.2 Å². The molecule has 84 valence electrons. The third-order valence-electron chi connectivity index (χ3n) is 2.35. The lowest BCUT2D eigenvalue weighted by Crippen LogP contribution is -2.11. The summed E-state index contributed by atoms with van der Waals surface area (Å²) < 4.78 is 0. The van der Waals surface area contributed by atoms with Gasteiger partial charge in [-0.05, 0) is 30.5 Å². The molecule has 0 saturated heterocycles. The van der Waals surface area contributed by atoms with Crippen LogP contribution in [0.3, 0.4) is 0 Å². The summed E-state index contributed by atoms with van der Waals surface area (Å²) in [5.41, 5.74) is 0.962. The lowest BCUT2D eigenvalue weighted by Gasteiger charge is -2.13. The first-order valence-electron chi connectivity index (χ1n) is 5.32. The van der Waals surface area contributed by atoms with E-state index in [1.807, 2.05) is 12.1 Å². The van der Waals surface area contributed by atoms with Crippen molar-refractivity contribution in [1.82, 2.24) is 0 Å². The van der Waals surface area contributed by atoms with Gasteiger partial charge in [-0.25, -0.2) is 0 Å². The summed E-state index contributed by atoms with van der Waals surface area (Å²) >= 11 is 11.9. The maximum absolute atomic E-state index is 6.04. The van der Waals surface area contributed by atoms with Crippen molar-refractivity contribution in [2.75, 3.05) is 11.9 Å². The third-order valence-corrected chi connectivity index (χ3v) is 2.90. The molecule has 0 fully saturated rings. The SMILES string of the molecule is CCCC(C)CNc1ccc(Cl)cc1Cl. The van der Waals surface area contributed by atoms with Gasteiger partial charge in [0.15, 0.2) is 0 Å². The number of halogens is 2. The minimum absolute atomic E-state index is 0.668. The van der Waals surface area contributed by atoms with Crippen LogP contribution < -0.4 is 5.32 Å². The second kappa shape index (κ2) is 6.24. The molecule has 1 N–H and O–H groups in total. The molecule has 1 aromatic rings. The number of hydrogen-bond donors (Lipinski definition) is 1. The molecule has 0 heterocycles. The van der Waals surface area contributed by atoms with Crippen LogP contribution in [-0.2, 0) is 0 Å².